The number of hydrogen-bond acceptors (Lipinski definition) is 3. The van der Waals surface area contributed by atoms with Crippen LogP contribution in [0.4, 0.5) is 0 Å². The lowest BCUT2D eigenvalue weighted by Crippen LogP contribution is -2.26. The maximum Gasteiger partial charge on any atom is 0.293 e. The van der Waals surface area contributed by atoms with Gasteiger partial charge in [0.05, 0.1) is 6.61 Å². The van der Waals surface area contributed by atoms with Crippen LogP contribution in [0.1, 0.15) is 33.1 Å². The van der Waals surface area contributed by atoms with E-state index in [0.717, 1.165) is 12.8 Å². The molecule has 0 radical (unpaired) electrons. The molecule has 0 saturated carbocycles. The Morgan fingerprint density at radius 1 is 1.42 bits per heavy atom. The second kappa shape index (κ2) is 6.00. The zero-order chi connectivity index (χ0) is 9.45. The van der Waals surface area contributed by atoms with E-state index in [-0.39, 0.29) is 12.0 Å². The van der Waals surface area contributed by atoms with Crippen molar-refractivity contribution in [1.82, 2.24) is 0 Å². The van der Waals surface area contributed by atoms with Crippen LogP contribution in [0.2, 0.25) is 0 Å². The third-order valence-electron chi connectivity index (χ3n) is 2.60. The first-order valence-electron chi connectivity index (χ1n) is 4.40. The monoisotopic (exact) mass is 174 g/mol. The lowest BCUT2D eigenvalue weighted by molar-refractivity contribution is -0.132. The molecule has 0 bridgehead atoms. The summed E-state index contributed by atoms with van der Waals surface area (Å²) in [5.41, 5.74) is -0.0182. The van der Waals surface area contributed by atoms with Crippen molar-refractivity contribution in [2.24, 2.45) is 5.41 Å². The molecule has 0 aliphatic carbocycles. The van der Waals surface area contributed by atoms with E-state index in [4.69, 9.17) is 9.84 Å². The van der Waals surface area contributed by atoms with Gasteiger partial charge in [0.25, 0.3) is 6.47 Å². The van der Waals surface area contributed by atoms with E-state index >= 15 is 0 Å². The van der Waals surface area contributed by atoms with Crippen molar-refractivity contribution < 1.29 is 14.6 Å². The molecule has 0 amide bonds. The Balaban J connectivity index is 4.03. The van der Waals surface area contributed by atoms with Crippen LogP contribution in [0, 0.1) is 5.41 Å². The molecule has 0 fully saturated rings. The zero-order valence-electron chi connectivity index (χ0n) is 7.88. The second-order valence-electron chi connectivity index (χ2n) is 3.09. The summed E-state index contributed by atoms with van der Waals surface area (Å²) in [6, 6.07) is 0. The summed E-state index contributed by atoms with van der Waals surface area (Å²) in [4.78, 5) is 10.0. The van der Waals surface area contributed by atoms with Crippen molar-refractivity contribution in [3.8, 4) is 0 Å². The van der Waals surface area contributed by atoms with Crippen molar-refractivity contribution in [3.63, 3.8) is 0 Å². The molecule has 0 rings (SSSR count). The van der Waals surface area contributed by atoms with Gasteiger partial charge in [-0.05, 0) is 19.3 Å². The fourth-order valence-corrected chi connectivity index (χ4v) is 1.33. The molecule has 0 unspecified atom stereocenters. The summed E-state index contributed by atoms with van der Waals surface area (Å²) in [6.07, 6.45) is 2.56. The van der Waals surface area contributed by atoms with Gasteiger partial charge in [-0.3, -0.25) is 4.79 Å². The first-order valence-corrected chi connectivity index (χ1v) is 4.40. The third-order valence-corrected chi connectivity index (χ3v) is 2.60. The molecule has 72 valence electrons. The van der Waals surface area contributed by atoms with Crippen LogP contribution in [-0.4, -0.2) is 24.8 Å². The van der Waals surface area contributed by atoms with Gasteiger partial charge in [0.1, 0.15) is 0 Å². The van der Waals surface area contributed by atoms with Gasteiger partial charge in [-0.2, -0.15) is 0 Å². The van der Waals surface area contributed by atoms with Crippen molar-refractivity contribution in [1.29, 1.82) is 0 Å². The number of ether oxygens (including phenoxy) is 1. The van der Waals surface area contributed by atoms with Gasteiger partial charge in [0, 0.05) is 12.0 Å². The number of rotatable bonds is 7. The average Bonchev–Trinajstić information content (AvgIpc) is 2.13. The molecular formula is C9H18O3. The Bertz CT molecular complexity index is 119. The molecule has 12 heavy (non-hydrogen) atoms. The summed E-state index contributed by atoms with van der Waals surface area (Å²) in [6.45, 7) is 5.14. The highest BCUT2D eigenvalue weighted by molar-refractivity contribution is 5.37. The Morgan fingerprint density at radius 2 is 2.00 bits per heavy atom. The normalized spacial score (nSPS) is 11.2. The molecule has 3 heteroatoms. The van der Waals surface area contributed by atoms with Crippen LogP contribution >= 0.6 is 0 Å². The van der Waals surface area contributed by atoms with Crippen molar-refractivity contribution >= 4 is 6.47 Å². The highest BCUT2D eigenvalue weighted by atomic mass is 16.5. The number of carbonyl (C=O) groups is 1. The highest BCUT2D eigenvalue weighted by Gasteiger charge is 2.26. The Hall–Kier alpha value is -0.570. The fourth-order valence-electron chi connectivity index (χ4n) is 1.33. The van der Waals surface area contributed by atoms with Crippen LogP contribution in [-0.2, 0) is 9.53 Å². The van der Waals surface area contributed by atoms with Crippen LogP contribution in [0.15, 0.2) is 0 Å². The molecule has 0 atom stereocenters. The van der Waals surface area contributed by atoms with Crippen molar-refractivity contribution in [3.05, 3.63) is 0 Å². The van der Waals surface area contributed by atoms with Crippen LogP contribution in [0.5, 0.6) is 0 Å². The van der Waals surface area contributed by atoms with Crippen molar-refractivity contribution in [2.45, 2.75) is 33.1 Å². The molecule has 0 aliphatic rings. The van der Waals surface area contributed by atoms with Gasteiger partial charge in [-0.1, -0.05) is 13.8 Å². The predicted octanol–water partition coefficient (Wildman–Crippen LogP) is 1.35. The van der Waals surface area contributed by atoms with Crippen LogP contribution in [0.25, 0.3) is 0 Å². The van der Waals surface area contributed by atoms with Gasteiger partial charge < -0.3 is 9.84 Å². The summed E-state index contributed by atoms with van der Waals surface area (Å²) in [5.74, 6) is 0. The first kappa shape index (κ1) is 11.4. The molecule has 1 N–H and O–H groups in total. The zero-order valence-corrected chi connectivity index (χ0v) is 7.88. The Kier molecular flexibility index (Phi) is 5.72. The third kappa shape index (κ3) is 3.22. The fraction of sp³-hybridized carbons (Fsp3) is 0.889. The van der Waals surface area contributed by atoms with Crippen molar-refractivity contribution in [2.75, 3.05) is 13.2 Å². The highest BCUT2D eigenvalue weighted by Crippen LogP contribution is 2.30. The molecule has 0 aromatic heterocycles. The number of hydrogen-bond donors (Lipinski definition) is 1. The van der Waals surface area contributed by atoms with Gasteiger partial charge in [-0.15, -0.1) is 0 Å². The number of aliphatic hydroxyl groups excluding tert-OH is 1. The average molecular weight is 174 g/mol. The standard InChI is InChI=1S/C9H18O3/c1-3-9(4-2,5-6-10)7-12-8-11/h8,10H,3-7H2,1-2H3. The van der Waals surface area contributed by atoms with Gasteiger partial charge in [0.2, 0.25) is 0 Å². The van der Waals surface area contributed by atoms with E-state index in [9.17, 15) is 4.79 Å². The van der Waals surface area contributed by atoms with Crippen LogP contribution < -0.4 is 0 Å². The first-order chi connectivity index (χ1) is 5.74. The van der Waals surface area contributed by atoms with E-state index < -0.39 is 0 Å². The maximum atomic E-state index is 10.0. The Labute approximate surface area is 73.7 Å². The minimum Gasteiger partial charge on any atom is -0.467 e. The second-order valence-corrected chi connectivity index (χ2v) is 3.09. The molecule has 0 aromatic carbocycles. The lowest BCUT2D eigenvalue weighted by atomic mass is 9.80. The van der Waals surface area contributed by atoms with E-state index in [2.05, 4.69) is 0 Å². The molecule has 3 nitrogen and oxygen atoms in total. The molecular weight excluding hydrogens is 156 g/mol. The van der Waals surface area contributed by atoms with E-state index in [1.807, 2.05) is 13.8 Å². The van der Waals surface area contributed by atoms with E-state index in [0.29, 0.717) is 19.5 Å². The minimum absolute atomic E-state index is 0.0182. The van der Waals surface area contributed by atoms with Crippen LogP contribution in [0.3, 0.4) is 0 Å². The van der Waals surface area contributed by atoms with E-state index in [1.165, 1.54) is 0 Å². The topological polar surface area (TPSA) is 46.5 Å². The molecule has 0 spiro atoms. The minimum atomic E-state index is -0.0182. The number of aliphatic hydroxyl groups is 1. The van der Waals surface area contributed by atoms with Gasteiger partial charge in [-0.25, -0.2) is 0 Å². The molecule has 0 saturated heterocycles. The summed E-state index contributed by atoms with van der Waals surface area (Å²) < 4.78 is 4.74. The summed E-state index contributed by atoms with van der Waals surface area (Å²) in [5, 5.41) is 8.82. The largest absolute Gasteiger partial charge is 0.467 e. The SMILES string of the molecule is CCC(CC)(CCO)COC=O. The van der Waals surface area contributed by atoms with Gasteiger partial charge in [0.15, 0.2) is 0 Å². The smallest absolute Gasteiger partial charge is 0.293 e. The molecule has 0 aromatic rings. The number of carbonyl (C=O) groups excluding carboxylic acids is 1. The lowest BCUT2D eigenvalue weighted by Gasteiger charge is -2.29. The summed E-state index contributed by atoms with van der Waals surface area (Å²) in [7, 11) is 0. The van der Waals surface area contributed by atoms with Gasteiger partial charge >= 0.3 is 0 Å². The molecule has 0 aliphatic heterocycles. The molecule has 0 heterocycles. The maximum absolute atomic E-state index is 10.0. The predicted molar refractivity (Wildman–Crippen MR) is 46.7 cm³/mol. The van der Waals surface area contributed by atoms with E-state index in [1.54, 1.807) is 0 Å². The Morgan fingerprint density at radius 3 is 2.33 bits per heavy atom. The summed E-state index contributed by atoms with van der Waals surface area (Å²) >= 11 is 0. The quantitative estimate of drug-likeness (QED) is 0.592.